The highest BCUT2D eigenvalue weighted by Gasteiger charge is 2.19. The Hall–Kier alpha value is -4.14. The van der Waals surface area contributed by atoms with Crippen molar-refractivity contribution in [3.63, 3.8) is 0 Å². The molecule has 0 fully saturated rings. The molecule has 0 unspecified atom stereocenters. The zero-order valence-corrected chi connectivity index (χ0v) is 19.3. The normalized spacial score (nSPS) is 11.5. The molecule has 0 bridgehead atoms. The number of rotatable bonds is 3. The first-order valence-corrected chi connectivity index (χ1v) is 12.4. The lowest BCUT2D eigenvalue weighted by Gasteiger charge is -2.27. The monoisotopic (exact) mass is 451 g/mol. The fourth-order valence-corrected chi connectivity index (χ4v) is 6.28. The Balaban J connectivity index is 1.62. The molecule has 0 aliphatic heterocycles. The number of benzene rings is 6. The third kappa shape index (κ3) is 3.00. The van der Waals surface area contributed by atoms with Gasteiger partial charge in [0.05, 0.1) is 5.69 Å². The number of fused-ring (bicyclic) bond motifs is 6. The van der Waals surface area contributed by atoms with Gasteiger partial charge in [-0.05, 0) is 53.2 Å². The standard InChI is InChI=1S/C32H21NS/c1-3-13-24(14-4-1)33(25-15-5-2-6-16-25)30-21-29-28-19-22-11-7-8-12-23(22)20-31(28)34-32(29)27-18-10-9-17-26(27)30/h1-21H. The van der Waals surface area contributed by atoms with Crippen LogP contribution in [0.15, 0.2) is 127 Å². The lowest BCUT2D eigenvalue weighted by molar-refractivity contribution is 1.30. The van der Waals surface area contributed by atoms with E-state index in [2.05, 4.69) is 132 Å². The van der Waals surface area contributed by atoms with Crippen LogP contribution in [0.1, 0.15) is 0 Å². The maximum atomic E-state index is 2.39. The van der Waals surface area contributed by atoms with Crippen LogP contribution in [0.2, 0.25) is 0 Å². The van der Waals surface area contributed by atoms with Crippen LogP contribution in [0.25, 0.3) is 41.7 Å². The lowest BCUT2D eigenvalue weighted by atomic mass is 10.0. The minimum atomic E-state index is 1.16. The lowest BCUT2D eigenvalue weighted by Crippen LogP contribution is -2.10. The van der Waals surface area contributed by atoms with Gasteiger partial charge in [0.25, 0.3) is 0 Å². The van der Waals surface area contributed by atoms with Crippen molar-refractivity contribution in [1.82, 2.24) is 0 Å². The maximum absolute atomic E-state index is 2.39. The van der Waals surface area contributed by atoms with Gasteiger partial charge in [-0.1, -0.05) is 84.9 Å². The summed E-state index contributed by atoms with van der Waals surface area (Å²) in [4.78, 5) is 2.38. The number of hydrogen-bond donors (Lipinski definition) is 0. The van der Waals surface area contributed by atoms with E-state index in [-0.39, 0.29) is 0 Å². The van der Waals surface area contributed by atoms with Gasteiger partial charge in [0, 0.05) is 42.3 Å². The van der Waals surface area contributed by atoms with E-state index in [4.69, 9.17) is 0 Å². The predicted octanol–water partition coefficient (Wildman–Crippen LogP) is 9.83. The molecular weight excluding hydrogens is 430 g/mol. The molecule has 0 aliphatic carbocycles. The van der Waals surface area contributed by atoms with Crippen LogP contribution in [0.4, 0.5) is 17.1 Å². The maximum Gasteiger partial charge on any atom is 0.0547 e. The topological polar surface area (TPSA) is 3.24 Å². The largest absolute Gasteiger partial charge is 0.310 e. The second kappa shape index (κ2) is 7.72. The van der Waals surface area contributed by atoms with E-state index in [0.29, 0.717) is 0 Å². The Morgan fingerprint density at radius 1 is 0.441 bits per heavy atom. The Labute approximate surface area is 202 Å². The molecule has 7 aromatic rings. The van der Waals surface area contributed by atoms with E-state index in [1.54, 1.807) is 0 Å². The number of para-hydroxylation sites is 2. The molecule has 0 spiro atoms. The van der Waals surface area contributed by atoms with E-state index in [1.807, 2.05) is 11.3 Å². The van der Waals surface area contributed by atoms with E-state index in [1.165, 1.54) is 47.4 Å². The van der Waals surface area contributed by atoms with Gasteiger partial charge < -0.3 is 4.90 Å². The first-order valence-electron chi connectivity index (χ1n) is 11.5. The first kappa shape index (κ1) is 19.3. The van der Waals surface area contributed by atoms with E-state index in [0.717, 1.165) is 11.4 Å². The molecule has 7 rings (SSSR count). The zero-order chi connectivity index (χ0) is 22.5. The Morgan fingerprint density at radius 3 is 1.68 bits per heavy atom. The van der Waals surface area contributed by atoms with Crippen LogP contribution < -0.4 is 4.90 Å². The predicted molar refractivity (Wildman–Crippen MR) is 149 cm³/mol. The molecule has 0 saturated heterocycles. The molecule has 0 amide bonds. The van der Waals surface area contributed by atoms with Gasteiger partial charge in [-0.3, -0.25) is 0 Å². The minimum absolute atomic E-state index is 1.16. The van der Waals surface area contributed by atoms with Crippen molar-refractivity contribution >= 4 is 70.1 Å². The second-order valence-corrected chi connectivity index (χ2v) is 9.67. The highest BCUT2D eigenvalue weighted by molar-refractivity contribution is 7.26. The molecule has 1 nitrogen and oxygen atoms in total. The van der Waals surface area contributed by atoms with E-state index >= 15 is 0 Å². The summed E-state index contributed by atoms with van der Waals surface area (Å²) in [5.74, 6) is 0. The molecule has 0 radical (unpaired) electrons. The van der Waals surface area contributed by atoms with Crippen LogP contribution in [0.5, 0.6) is 0 Å². The smallest absolute Gasteiger partial charge is 0.0547 e. The number of anilines is 3. The van der Waals surface area contributed by atoms with Crippen LogP contribution in [-0.4, -0.2) is 0 Å². The number of nitrogens with zero attached hydrogens (tertiary/aromatic N) is 1. The van der Waals surface area contributed by atoms with Crippen molar-refractivity contribution in [2.45, 2.75) is 0 Å². The van der Waals surface area contributed by atoms with Gasteiger partial charge in [0.2, 0.25) is 0 Å². The molecule has 2 heteroatoms. The van der Waals surface area contributed by atoms with Crippen molar-refractivity contribution in [2.75, 3.05) is 4.90 Å². The fourth-order valence-electron chi connectivity index (χ4n) is 5.03. The first-order chi connectivity index (χ1) is 16.9. The van der Waals surface area contributed by atoms with Crippen molar-refractivity contribution in [3.05, 3.63) is 127 Å². The zero-order valence-electron chi connectivity index (χ0n) is 18.5. The number of hydrogen-bond acceptors (Lipinski definition) is 2. The van der Waals surface area contributed by atoms with E-state index in [9.17, 15) is 0 Å². The SMILES string of the molecule is c1ccc(N(c2ccccc2)c2cc3c4cc5ccccc5cc4sc3c3ccccc23)cc1. The van der Waals surface area contributed by atoms with E-state index < -0.39 is 0 Å². The molecule has 1 aromatic heterocycles. The third-order valence-electron chi connectivity index (χ3n) is 6.59. The second-order valence-electron chi connectivity index (χ2n) is 8.62. The summed E-state index contributed by atoms with van der Waals surface area (Å²) in [6, 6.07) is 45.9. The van der Waals surface area contributed by atoms with Gasteiger partial charge in [0.1, 0.15) is 0 Å². The molecule has 160 valence electrons. The molecule has 0 saturated carbocycles. The van der Waals surface area contributed by atoms with Gasteiger partial charge in [-0.25, -0.2) is 0 Å². The summed E-state index contributed by atoms with van der Waals surface area (Å²) < 4.78 is 2.69. The summed E-state index contributed by atoms with van der Waals surface area (Å²) in [7, 11) is 0. The van der Waals surface area contributed by atoms with Crippen LogP contribution in [-0.2, 0) is 0 Å². The minimum Gasteiger partial charge on any atom is -0.310 e. The molecular formula is C32H21NS. The Bertz CT molecular complexity index is 1760. The molecule has 6 aromatic carbocycles. The van der Waals surface area contributed by atoms with Crippen molar-refractivity contribution < 1.29 is 0 Å². The fraction of sp³-hybridized carbons (Fsp3) is 0. The average Bonchev–Trinajstić information content (AvgIpc) is 3.26. The third-order valence-corrected chi connectivity index (χ3v) is 7.79. The highest BCUT2D eigenvalue weighted by atomic mass is 32.1. The molecule has 0 N–H and O–H groups in total. The Morgan fingerprint density at radius 2 is 1.00 bits per heavy atom. The van der Waals surface area contributed by atoms with Gasteiger partial charge in [0.15, 0.2) is 0 Å². The van der Waals surface area contributed by atoms with Crippen LogP contribution in [0, 0.1) is 0 Å². The highest BCUT2D eigenvalue weighted by Crippen LogP contribution is 2.46. The molecule has 1 heterocycles. The van der Waals surface area contributed by atoms with Crippen molar-refractivity contribution in [2.24, 2.45) is 0 Å². The summed E-state index contributed by atoms with van der Waals surface area (Å²) in [6.45, 7) is 0. The molecule has 0 atom stereocenters. The quantitative estimate of drug-likeness (QED) is 0.258. The van der Waals surface area contributed by atoms with Crippen molar-refractivity contribution in [3.8, 4) is 0 Å². The summed E-state index contributed by atoms with van der Waals surface area (Å²) >= 11 is 1.90. The summed E-state index contributed by atoms with van der Waals surface area (Å²) in [5.41, 5.74) is 3.51. The van der Waals surface area contributed by atoms with Crippen LogP contribution in [0.3, 0.4) is 0 Å². The number of thiophene rings is 1. The van der Waals surface area contributed by atoms with Gasteiger partial charge in [-0.15, -0.1) is 11.3 Å². The molecule has 34 heavy (non-hydrogen) atoms. The van der Waals surface area contributed by atoms with Crippen molar-refractivity contribution in [1.29, 1.82) is 0 Å². The summed E-state index contributed by atoms with van der Waals surface area (Å²) in [5, 5.41) is 7.78. The average molecular weight is 452 g/mol. The van der Waals surface area contributed by atoms with Gasteiger partial charge in [-0.2, -0.15) is 0 Å². The van der Waals surface area contributed by atoms with Crippen LogP contribution >= 0.6 is 11.3 Å². The van der Waals surface area contributed by atoms with Gasteiger partial charge >= 0.3 is 0 Å². The Kier molecular flexibility index (Phi) is 4.39. The molecule has 0 aliphatic rings. The summed E-state index contributed by atoms with van der Waals surface area (Å²) in [6.07, 6.45) is 0.